The average Bonchev–Trinajstić information content (AvgIpc) is 3.36. The van der Waals surface area contributed by atoms with Crippen LogP contribution in [-0.2, 0) is 6.18 Å². The van der Waals surface area contributed by atoms with E-state index < -0.39 is 19.7 Å². The zero-order chi connectivity index (χ0) is 26.9. The van der Waals surface area contributed by atoms with Crippen LogP contribution in [0.1, 0.15) is 31.9 Å². The van der Waals surface area contributed by atoms with Crippen molar-refractivity contribution in [1.29, 1.82) is 0 Å². The molecule has 0 saturated carbocycles. The summed E-state index contributed by atoms with van der Waals surface area (Å²) in [5, 5.41) is 3.63. The molecule has 0 spiro atoms. The van der Waals surface area contributed by atoms with Crippen LogP contribution in [0, 0.1) is 5.41 Å². The van der Waals surface area contributed by atoms with E-state index in [0.717, 1.165) is 23.5 Å². The Kier molecular flexibility index (Phi) is 7.15. The molecule has 0 amide bonds. The lowest BCUT2D eigenvalue weighted by molar-refractivity contribution is -0.137. The second-order valence-electron chi connectivity index (χ2n) is 10.5. The van der Waals surface area contributed by atoms with Crippen molar-refractivity contribution in [2.24, 2.45) is 10.4 Å². The summed E-state index contributed by atoms with van der Waals surface area (Å²) in [5.41, 5.74) is 0.966. The van der Waals surface area contributed by atoms with Crippen LogP contribution in [0.15, 0.2) is 114 Å². The molecule has 5 rings (SSSR count). The van der Waals surface area contributed by atoms with Crippen molar-refractivity contribution in [1.82, 2.24) is 0 Å². The van der Waals surface area contributed by atoms with Crippen molar-refractivity contribution < 1.29 is 13.2 Å². The Labute approximate surface area is 223 Å². The first kappa shape index (κ1) is 26.2. The van der Waals surface area contributed by atoms with Crippen LogP contribution in [-0.4, -0.2) is 18.4 Å². The summed E-state index contributed by atoms with van der Waals surface area (Å²) in [7, 11) is -0.890. The van der Waals surface area contributed by atoms with E-state index >= 15 is 0 Å². The Morgan fingerprint density at radius 3 is 1.76 bits per heavy atom. The molecular weight excluding hydrogens is 500 g/mol. The molecule has 1 aliphatic heterocycles. The van der Waals surface area contributed by atoms with Gasteiger partial charge in [-0.3, -0.25) is 4.99 Å². The Morgan fingerprint density at radius 2 is 1.24 bits per heavy atom. The van der Waals surface area contributed by atoms with Gasteiger partial charge in [0.25, 0.3) is 0 Å². The van der Waals surface area contributed by atoms with Gasteiger partial charge < -0.3 is 4.90 Å². The molecule has 0 aliphatic carbocycles. The second kappa shape index (κ2) is 10.4. The predicted molar refractivity (Wildman–Crippen MR) is 154 cm³/mol. The van der Waals surface area contributed by atoms with E-state index in [1.54, 1.807) is 12.1 Å². The standard InChI is InChI=1S/C32H30F3N2P/c1-31(2,3)29-22-37(24-20-18-23(19-21-24)32(33,34)35)30(36-29)27-16-10-11-17-28(27)38(25-12-6-4-7-13-25)26-14-8-5-9-15-26/h4-21,29H,22H2,1-3H3/t29-/m1/s1. The molecule has 4 aromatic carbocycles. The molecular formula is C32H30F3N2P. The van der Waals surface area contributed by atoms with E-state index in [1.165, 1.54) is 15.9 Å². The van der Waals surface area contributed by atoms with Crippen molar-refractivity contribution in [2.75, 3.05) is 11.4 Å². The lowest BCUT2D eigenvalue weighted by Gasteiger charge is -2.28. The molecule has 2 nitrogen and oxygen atoms in total. The third-order valence-corrected chi connectivity index (χ3v) is 9.31. The molecule has 0 unspecified atom stereocenters. The van der Waals surface area contributed by atoms with Crippen LogP contribution >= 0.6 is 7.92 Å². The molecule has 6 heteroatoms. The van der Waals surface area contributed by atoms with Gasteiger partial charge in [0.05, 0.1) is 11.6 Å². The number of hydrogen-bond donors (Lipinski definition) is 0. The number of rotatable bonds is 5. The van der Waals surface area contributed by atoms with Gasteiger partial charge in [-0.05, 0) is 53.5 Å². The monoisotopic (exact) mass is 530 g/mol. The maximum atomic E-state index is 13.3. The Morgan fingerprint density at radius 1 is 0.711 bits per heavy atom. The molecule has 0 fully saturated rings. The quantitative estimate of drug-likeness (QED) is 0.250. The van der Waals surface area contributed by atoms with Crippen molar-refractivity contribution in [3.05, 3.63) is 120 Å². The summed E-state index contributed by atoms with van der Waals surface area (Å²) in [6.07, 6.45) is -4.37. The van der Waals surface area contributed by atoms with Crippen molar-refractivity contribution >= 4 is 35.4 Å². The zero-order valence-electron chi connectivity index (χ0n) is 21.7. The summed E-state index contributed by atoms with van der Waals surface area (Å²) in [5.74, 6) is 0.805. The highest BCUT2D eigenvalue weighted by atomic mass is 31.1. The molecule has 38 heavy (non-hydrogen) atoms. The molecule has 4 aromatic rings. The highest BCUT2D eigenvalue weighted by molar-refractivity contribution is 7.80. The van der Waals surface area contributed by atoms with Crippen molar-refractivity contribution in [3.63, 3.8) is 0 Å². The van der Waals surface area contributed by atoms with Crippen molar-refractivity contribution in [3.8, 4) is 0 Å². The van der Waals surface area contributed by atoms with Crippen molar-refractivity contribution in [2.45, 2.75) is 33.0 Å². The first-order valence-electron chi connectivity index (χ1n) is 12.7. The van der Waals surface area contributed by atoms with Gasteiger partial charge in [-0.15, -0.1) is 0 Å². The summed E-state index contributed by atoms with van der Waals surface area (Å²) in [4.78, 5) is 7.30. The number of halogens is 3. The first-order valence-corrected chi connectivity index (χ1v) is 14.0. The van der Waals surface area contributed by atoms with Gasteiger partial charge in [-0.25, -0.2) is 0 Å². The lowest BCUT2D eigenvalue weighted by atomic mass is 9.87. The van der Waals surface area contributed by atoms with Crippen LogP contribution in [0.5, 0.6) is 0 Å². The average molecular weight is 531 g/mol. The smallest absolute Gasteiger partial charge is 0.324 e. The number of anilines is 1. The minimum Gasteiger partial charge on any atom is -0.324 e. The topological polar surface area (TPSA) is 15.6 Å². The van der Waals surface area contributed by atoms with Gasteiger partial charge in [0, 0.05) is 17.8 Å². The molecule has 0 radical (unpaired) electrons. The Balaban J connectivity index is 1.66. The van der Waals surface area contributed by atoms with E-state index in [-0.39, 0.29) is 11.5 Å². The lowest BCUT2D eigenvalue weighted by Crippen LogP contribution is -2.36. The summed E-state index contributed by atoms with van der Waals surface area (Å²) in [6, 6.07) is 34.7. The van der Waals surface area contributed by atoms with Gasteiger partial charge in [0.2, 0.25) is 0 Å². The Hall–Kier alpha value is -3.43. The minimum atomic E-state index is -4.37. The number of amidine groups is 1. The largest absolute Gasteiger partial charge is 0.416 e. The zero-order valence-corrected chi connectivity index (χ0v) is 22.5. The highest BCUT2D eigenvalue weighted by Crippen LogP contribution is 2.38. The fraction of sp³-hybridized carbons (Fsp3) is 0.219. The highest BCUT2D eigenvalue weighted by Gasteiger charge is 2.37. The molecule has 1 atom stereocenters. The number of nitrogens with zero attached hydrogens (tertiary/aromatic N) is 2. The van der Waals surface area contributed by atoms with Gasteiger partial charge in [0.1, 0.15) is 5.84 Å². The van der Waals surface area contributed by atoms with Crippen LogP contribution < -0.4 is 20.8 Å². The normalized spacial score (nSPS) is 16.1. The number of aliphatic imine (C=N–C) groups is 1. The van der Waals surface area contributed by atoms with Gasteiger partial charge >= 0.3 is 6.18 Å². The summed E-state index contributed by atoms with van der Waals surface area (Å²) < 4.78 is 39.9. The molecule has 0 N–H and O–H groups in total. The third-order valence-electron chi connectivity index (χ3n) is 6.81. The van der Waals surface area contributed by atoms with Crippen LogP contribution in [0.3, 0.4) is 0 Å². The molecule has 1 heterocycles. The number of hydrogen-bond acceptors (Lipinski definition) is 2. The fourth-order valence-corrected chi connectivity index (χ4v) is 7.14. The summed E-state index contributed by atoms with van der Waals surface area (Å²) in [6.45, 7) is 7.07. The van der Waals surface area contributed by atoms with Crippen LogP contribution in [0.25, 0.3) is 0 Å². The number of benzene rings is 4. The number of alkyl halides is 3. The maximum absolute atomic E-state index is 13.3. The molecule has 0 aromatic heterocycles. The van der Waals surface area contributed by atoms with E-state index in [9.17, 15) is 13.2 Å². The fourth-order valence-electron chi connectivity index (χ4n) is 4.70. The first-order chi connectivity index (χ1) is 18.1. The summed E-state index contributed by atoms with van der Waals surface area (Å²) >= 11 is 0. The van der Waals surface area contributed by atoms with Crippen LogP contribution in [0.4, 0.5) is 18.9 Å². The second-order valence-corrected chi connectivity index (χ2v) is 12.7. The van der Waals surface area contributed by atoms with E-state index in [2.05, 4.69) is 92.4 Å². The van der Waals surface area contributed by atoms with Crippen LogP contribution in [0.2, 0.25) is 0 Å². The van der Waals surface area contributed by atoms with Gasteiger partial charge in [0.15, 0.2) is 0 Å². The third kappa shape index (κ3) is 5.39. The molecule has 0 bridgehead atoms. The molecule has 194 valence electrons. The maximum Gasteiger partial charge on any atom is 0.416 e. The molecule has 1 aliphatic rings. The SMILES string of the molecule is CC(C)(C)[C@H]1CN(c2ccc(C(F)(F)F)cc2)C(c2ccccc2P(c2ccccc2)c2ccccc2)=N1. The van der Waals surface area contributed by atoms with Gasteiger partial charge in [-0.1, -0.05) is 106 Å². The van der Waals surface area contributed by atoms with Gasteiger partial charge in [-0.2, -0.15) is 13.2 Å². The molecule has 0 saturated heterocycles. The van der Waals surface area contributed by atoms with E-state index in [1.807, 2.05) is 18.2 Å². The van der Waals surface area contributed by atoms with E-state index in [0.29, 0.717) is 12.2 Å². The van der Waals surface area contributed by atoms with E-state index in [4.69, 9.17) is 4.99 Å². The Bertz CT molecular complexity index is 1370. The predicted octanol–water partition coefficient (Wildman–Crippen LogP) is 7.15. The minimum absolute atomic E-state index is 0.00692.